The topological polar surface area (TPSA) is 66.4 Å². The average Bonchev–Trinajstić information content (AvgIpc) is 2.68. The molecule has 20 heavy (non-hydrogen) atoms. The van der Waals surface area contributed by atoms with Gasteiger partial charge in [-0.2, -0.15) is 0 Å². The van der Waals surface area contributed by atoms with Gasteiger partial charge in [-0.1, -0.05) is 31.9 Å². The number of hydrogen-bond acceptors (Lipinski definition) is 3. The minimum absolute atomic E-state index is 0.0285. The normalized spacial score (nSPS) is 22.1. The van der Waals surface area contributed by atoms with Crippen molar-refractivity contribution in [3.63, 3.8) is 0 Å². The van der Waals surface area contributed by atoms with Gasteiger partial charge in [0.25, 0.3) is 0 Å². The molecule has 1 aromatic carbocycles. The lowest BCUT2D eigenvalue weighted by molar-refractivity contribution is 0.281. The van der Waals surface area contributed by atoms with Crippen molar-refractivity contribution < 1.29 is 13.5 Å². The molecule has 1 atom stereocenters. The van der Waals surface area contributed by atoms with Gasteiger partial charge in [0.2, 0.25) is 10.0 Å². The Morgan fingerprint density at radius 2 is 2.15 bits per heavy atom. The fourth-order valence-electron chi connectivity index (χ4n) is 2.64. The highest BCUT2D eigenvalue weighted by Gasteiger charge is 2.37. The second-order valence-electron chi connectivity index (χ2n) is 5.97. The predicted molar refractivity (Wildman–Crippen MR) is 79.1 cm³/mol. The summed E-state index contributed by atoms with van der Waals surface area (Å²) in [5.41, 5.74) is 0.388. The van der Waals surface area contributed by atoms with Gasteiger partial charge >= 0.3 is 0 Å². The number of halogens is 1. The summed E-state index contributed by atoms with van der Waals surface area (Å²) in [6, 6.07) is 4.33. The zero-order chi connectivity index (χ0) is 15.0. The number of nitrogens with one attached hydrogen (secondary N) is 1. The van der Waals surface area contributed by atoms with E-state index in [9.17, 15) is 13.5 Å². The molecule has 0 amide bonds. The Labute approximate surface area is 125 Å². The Kier molecular flexibility index (Phi) is 4.44. The van der Waals surface area contributed by atoms with Crippen molar-refractivity contribution in [2.75, 3.05) is 0 Å². The van der Waals surface area contributed by atoms with Crippen LogP contribution in [0.4, 0.5) is 0 Å². The molecule has 1 aromatic rings. The van der Waals surface area contributed by atoms with Crippen molar-refractivity contribution in [2.24, 2.45) is 5.41 Å². The average molecular weight is 318 g/mol. The highest BCUT2D eigenvalue weighted by molar-refractivity contribution is 7.89. The Bertz CT molecular complexity index is 598. The summed E-state index contributed by atoms with van der Waals surface area (Å²) in [6.45, 7) is 3.87. The molecule has 2 N–H and O–H groups in total. The first-order valence-corrected chi connectivity index (χ1v) is 8.54. The second-order valence-corrected chi connectivity index (χ2v) is 8.09. The summed E-state index contributed by atoms with van der Waals surface area (Å²) in [7, 11) is -3.58. The summed E-state index contributed by atoms with van der Waals surface area (Å²) < 4.78 is 27.6. The largest absolute Gasteiger partial charge is 0.392 e. The molecule has 4 nitrogen and oxygen atoms in total. The van der Waals surface area contributed by atoms with Crippen molar-refractivity contribution in [2.45, 2.75) is 50.7 Å². The van der Waals surface area contributed by atoms with E-state index in [2.05, 4.69) is 18.6 Å². The SMILES string of the molecule is CC1(C)CCCC1NS(=O)(=O)c1ccc(Cl)c(CO)c1. The van der Waals surface area contributed by atoms with Crippen LogP contribution in [-0.4, -0.2) is 19.6 Å². The van der Waals surface area contributed by atoms with Crippen LogP contribution in [0.3, 0.4) is 0 Å². The predicted octanol–water partition coefficient (Wildman–Crippen LogP) is 2.69. The fraction of sp³-hybridized carbons (Fsp3) is 0.571. The van der Waals surface area contributed by atoms with E-state index in [-0.39, 0.29) is 23.0 Å². The Balaban J connectivity index is 2.27. The highest BCUT2D eigenvalue weighted by Crippen LogP contribution is 2.38. The molecule has 112 valence electrons. The Hall–Kier alpha value is -0.620. The van der Waals surface area contributed by atoms with Crippen LogP contribution in [0.25, 0.3) is 0 Å². The third kappa shape index (κ3) is 3.17. The van der Waals surface area contributed by atoms with Gasteiger partial charge < -0.3 is 5.11 Å². The van der Waals surface area contributed by atoms with Crippen molar-refractivity contribution in [3.05, 3.63) is 28.8 Å². The lowest BCUT2D eigenvalue weighted by atomic mass is 9.88. The van der Waals surface area contributed by atoms with Gasteiger partial charge in [0.15, 0.2) is 0 Å². The molecule has 0 bridgehead atoms. The number of sulfonamides is 1. The maximum Gasteiger partial charge on any atom is 0.240 e. The maximum atomic E-state index is 12.4. The van der Waals surface area contributed by atoms with Crippen molar-refractivity contribution >= 4 is 21.6 Å². The minimum Gasteiger partial charge on any atom is -0.392 e. The van der Waals surface area contributed by atoms with E-state index in [1.54, 1.807) is 0 Å². The van der Waals surface area contributed by atoms with Gasteiger partial charge in [0.1, 0.15) is 0 Å². The molecule has 1 unspecified atom stereocenters. The van der Waals surface area contributed by atoms with Crippen LogP contribution in [0.2, 0.25) is 5.02 Å². The van der Waals surface area contributed by atoms with Crippen molar-refractivity contribution in [1.29, 1.82) is 0 Å². The van der Waals surface area contributed by atoms with Crippen LogP contribution in [0.15, 0.2) is 23.1 Å². The fourth-order valence-corrected chi connectivity index (χ4v) is 4.31. The van der Waals surface area contributed by atoms with Gasteiger partial charge in [-0.05, 0) is 42.0 Å². The lowest BCUT2D eigenvalue weighted by Crippen LogP contribution is -2.41. The van der Waals surface area contributed by atoms with Gasteiger partial charge in [0.05, 0.1) is 11.5 Å². The Morgan fingerprint density at radius 1 is 1.45 bits per heavy atom. The number of aliphatic hydroxyl groups is 1. The van der Waals surface area contributed by atoms with E-state index in [1.807, 2.05) is 0 Å². The van der Waals surface area contributed by atoms with E-state index in [4.69, 9.17) is 11.6 Å². The molecule has 1 saturated carbocycles. The number of aliphatic hydroxyl groups excluding tert-OH is 1. The molecule has 0 saturated heterocycles. The highest BCUT2D eigenvalue weighted by atomic mass is 35.5. The third-order valence-electron chi connectivity index (χ3n) is 4.05. The van der Waals surface area contributed by atoms with E-state index in [0.717, 1.165) is 19.3 Å². The molecule has 2 rings (SSSR count). The number of rotatable bonds is 4. The van der Waals surface area contributed by atoms with Crippen LogP contribution >= 0.6 is 11.6 Å². The smallest absolute Gasteiger partial charge is 0.240 e. The molecule has 0 aliphatic heterocycles. The molecule has 1 aliphatic carbocycles. The quantitative estimate of drug-likeness (QED) is 0.897. The third-order valence-corrected chi connectivity index (χ3v) is 5.89. The molecule has 6 heteroatoms. The molecule has 1 aliphatic rings. The molecular weight excluding hydrogens is 298 g/mol. The molecular formula is C14H20ClNO3S. The zero-order valence-corrected chi connectivity index (χ0v) is 13.3. The van der Waals surface area contributed by atoms with Gasteiger partial charge in [-0.3, -0.25) is 0 Å². The van der Waals surface area contributed by atoms with E-state index >= 15 is 0 Å². The first-order chi connectivity index (χ1) is 9.26. The maximum absolute atomic E-state index is 12.4. The summed E-state index contributed by atoms with van der Waals surface area (Å²) >= 11 is 5.89. The van der Waals surface area contributed by atoms with E-state index in [1.165, 1.54) is 18.2 Å². The second kappa shape index (κ2) is 5.64. The number of hydrogen-bond donors (Lipinski definition) is 2. The van der Waals surface area contributed by atoms with E-state index < -0.39 is 10.0 Å². The summed E-state index contributed by atoms with van der Waals surface area (Å²) in [5, 5.41) is 9.54. The van der Waals surface area contributed by atoms with Gasteiger partial charge in [0, 0.05) is 11.1 Å². The minimum atomic E-state index is -3.58. The molecule has 0 spiro atoms. The van der Waals surface area contributed by atoms with Gasteiger partial charge in [-0.25, -0.2) is 13.1 Å². The molecule has 0 aromatic heterocycles. The van der Waals surface area contributed by atoms with Crippen LogP contribution in [0.1, 0.15) is 38.7 Å². The summed E-state index contributed by atoms with van der Waals surface area (Å²) in [4.78, 5) is 0.147. The molecule has 0 heterocycles. The first kappa shape index (κ1) is 15.8. The zero-order valence-electron chi connectivity index (χ0n) is 11.7. The van der Waals surface area contributed by atoms with Crippen LogP contribution in [-0.2, 0) is 16.6 Å². The monoisotopic (exact) mass is 317 g/mol. The van der Waals surface area contributed by atoms with Gasteiger partial charge in [-0.15, -0.1) is 0 Å². The summed E-state index contributed by atoms with van der Waals surface area (Å²) in [5.74, 6) is 0. The first-order valence-electron chi connectivity index (χ1n) is 6.68. The van der Waals surface area contributed by atoms with Crippen molar-refractivity contribution in [3.8, 4) is 0 Å². The number of benzene rings is 1. The van der Waals surface area contributed by atoms with Crippen LogP contribution < -0.4 is 4.72 Å². The van der Waals surface area contributed by atoms with Crippen LogP contribution in [0.5, 0.6) is 0 Å². The standard InChI is InChI=1S/C14H20ClNO3S/c1-14(2)7-3-4-13(14)16-20(18,19)11-5-6-12(15)10(8-11)9-17/h5-6,8,13,16-17H,3-4,7,9H2,1-2H3. The summed E-state index contributed by atoms with van der Waals surface area (Å²) in [6.07, 6.45) is 2.90. The molecule has 0 radical (unpaired) electrons. The molecule has 1 fully saturated rings. The van der Waals surface area contributed by atoms with Crippen molar-refractivity contribution in [1.82, 2.24) is 4.72 Å². The Morgan fingerprint density at radius 3 is 2.70 bits per heavy atom. The van der Waals surface area contributed by atoms with Crippen LogP contribution in [0, 0.1) is 5.41 Å². The lowest BCUT2D eigenvalue weighted by Gasteiger charge is -2.27. The van der Waals surface area contributed by atoms with E-state index in [0.29, 0.717) is 10.6 Å².